The van der Waals surface area contributed by atoms with Crippen LogP contribution in [0.15, 0.2) is 0 Å². The van der Waals surface area contributed by atoms with Crippen LogP contribution in [-0.4, -0.2) is 94.0 Å². The van der Waals surface area contributed by atoms with Crippen molar-refractivity contribution in [3.05, 3.63) is 0 Å². The molecule has 0 amide bonds. The van der Waals surface area contributed by atoms with Crippen LogP contribution in [0.25, 0.3) is 0 Å². The van der Waals surface area contributed by atoms with Crippen molar-refractivity contribution in [1.29, 1.82) is 0 Å². The van der Waals surface area contributed by atoms with E-state index in [4.69, 9.17) is 23.7 Å². The van der Waals surface area contributed by atoms with Crippen LogP contribution < -0.4 is 17.0 Å². The SMILES string of the molecule is CCCCCCCCCCCCCCCC(=O)OCC(COC(=O)CCCCCCCCCCCCCCC)OC(=O)COC(=O)C[C@@H](C[N+](C)(C)C)OC(=O)CC(C)C.[Br-]. The van der Waals surface area contributed by atoms with E-state index >= 15 is 0 Å². The van der Waals surface area contributed by atoms with Gasteiger partial charge in [-0.15, -0.1) is 0 Å². The fraction of sp³-hybridized carbons (Fsp3) is 0.898. The number of hydrogen-bond donors (Lipinski definition) is 0. The molecular formula is C49H92BrNO10. The molecule has 11 nitrogen and oxygen atoms in total. The lowest BCUT2D eigenvalue weighted by Crippen LogP contribution is -3.00. The third kappa shape index (κ3) is 44.2. The van der Waals surface area contributed by atoms with Crippen molar-refractivity contribution in [2.75, 3.05) is 47.5 Å². The third-order valence-electron chi connectivity index (χ3n) is 10.5. The molecule has 0 rings (SSSR count). The zero-order valence-electron chi connectivity index (χ0n) is 40.2. The highest BCUT2D eigenvalue weighted by molar-refractivity contribution is 5.77. The smallest absolute Gasteiger partial charge is 0.344 e. The lowest BCUT2D eigenvalue weighted by Gasteiger charge is -2.28. The van der Waals surface area contributed by atoms with Gasteiger partial charge < -0.3 is 45.1 Å². The molecule has 0 aromatic heterocycles. The zero-order valence-corrected chi connectivity index (χ0v) is 41.8. The highest BCUT2D eigenvalue weighted by Crippen LogP contribution is 2.16. The molecule has 360 valence electrons. The van der Waals surface area contributed by atoms with Crippen LogP contribution in [0.4, 0.5) is 0 Å². The van der Waals surface area contributed by atoms with Gasteiger partial charge in [-0.2, -0.15) is 0 Å². The zero-order chi connectivity index (χ0) is 44.7. The Hall–Kier alpha value is -2.21. The molecular weight excluding hydrogens is 842 g/mol. The first-order chi connectivity index (χ1) is 28.7. The van der Waals surface area contributed by atoms with Crippen molar-refractivity contribution < 1.29 is 69.1 Å². The lowest BCUT2D eigenvalue weighted by molar-refractivity contribution is -0.873. The van der Waals surface area contributed by atoms with E-state index in [1.807, 2.05) is 35.0 Å². The number of carbonyl (C=O) groups excluding carboxylic acids is 5. The molecule has 0 aromatic rings. The molecule has 1 atom stereocenters. The van der Waals surface area contributed by atoms with Gasteiger partial charge in [0.15, 0.2) is 18.8 Å². The number of nitrogens with zero attached hydrogens (tertiary/aromatic N) is 1. The predicted octanol–water partition coefficient (Wildman–Crippen LogP) is 8.55. The van der Waals surface area contributed by atoms with Crippen molar-refractivity contribution in [2.45, 2.75) is 233 Å². The summed E-state index contributed by atoms with van der Waals surface area (Å²) in [5.74, 6) is -2.68. The van der Waals surface area contributed by atoms with Crippen LogP contribution in [0.2, 0.25) is 0 Å². The molecule has 0 aliphatic rings. The maximum Gasteiger partial charge on any atom is 0.344 e. The Morgan fingerprint density at radius 3 is 1.10 bits per heavy atom. The predicted molar refractivity (Wildman–Crippen MR) is 240 cm³/mol. The minimum Gasteiger partial charge on any atom is -1.00 e. The Morgan fingerprint density at radius 2 is 0.754 bits per heavy atom. The fourth-order valence-corrected chi connectivity index (χ4v) is 7.13. The quantitative estimate of drug-likeness (QED) is 0.0254. The van der Waals surface area contributed by atoms with Crippen LogP contribution in [0.5, 0.6) is 0 Å². The Kier molecular flexibility index (Phi) is 41.7. The highest BCUT2D eigenvalue weighted by Gasteiger charge is 2.27. The van der Waals surface area contributed by atoms with Crippen molar-refractivity contribution in [2.24, 2.45) is 5.92 Å². The Bertz CT molecular complexity index is 1050. The maximum absolute atomic E-state index is 12.8. The number of ether oxygens (including phenoxy) is 5. The van der Waals surface area contributed by atoms with Crippen LogP contribution in [0.1, 0.15) is 220 Å². The topological polar surface area (TPSA) is 132 Å². The molecule has 0 unspecified atom stereocenters. The molecule has 0 heterocycles. The summed E-state index contributed by atoms with van der Waals surface area (Å²) in [5.41, 5.74) is 0. The van der Waals surface area contributed by atoms with E-state index in [0.29, 0.717) is 23.9 Å². The number of unbranched alkanes of at least 4 members (excludes halogenated alkanes) is 24. The van der Waals surface area contributed by atoms with Crippen molar-refractivity contribution >= 4 is 29.8 Å². The van der Waals surface area contributed by atoms with Gasteiger partial charge in [0, 0.05) is 19.3 Å². The summed E-state index contributed by atoms with van der Waals surface area (Å²) in [6.45, 7) is 7.44. The molecule has 0 N–H and O–H groups in total. The second-order valence-electron chi connectivity index (χ2n) is 18.5. The van der Waals surface area contributed by atoms with Gasteiger partial charge >= 0.3 is 29.8 Å². The standard InChI is InChI=1S/C49H92NO10.BrH/c1-8-10-12-14-16-18-20-22-24-26-28-30-32-34-45(51)56-39-44(40-57-46(52)35-33-31-29-27-25-23-21-19-17-15-13-11-9-2)60-49(55)41-58-47(53)37-43(38-50(5,6)7)59-48(54)36-42(3)4;/h42-44H,8-41H2,1-7H3;1H/q+1;/p-1/t43-;/m0./s1. The summed E-state index contributed by atoms with van der Waals surface area (Å²) in [5, 5.41) is 0. The van der Waals surface area contributed by atoms with E-state index in [1.165, 1.54) is 116 Å². The first-order valence-corrected chi connectivity index (χ1v) is 24.4. The number of rotatable bonds is 42. The summed E-state index contributed by atoms with van der Waals surface area (Å²) in [7, 11) is 5.76. The molecule has 0 saturated heterocycles. The number of carbonyl (C=O) groups is 5. The number of halogens is 1. The van der Waals surface area contributed by atoms with Crippen molar-refractivity contribution in [3.8, 4) is 0 Å². The van der Waals surface area contributed by atoms with Gasteiger partial charge in [0.25, 0.3) is 0 Å². The molecule has 0 fully saturated rings. The van der Waals surface area contributed by atoms with Crippen LogP contribution in [0, 0.1) is 5.92 Å². The van der Waals surface area contributed by atoms with E-state index < -0.39 is 48.7 Å². The largest absolute Gasteiger partial charge is 1.00 e. The number of quaternary nitrogens is 1. The summed E-state index contributed by atoms with van der Waals surface area (Å²) in [4.78, 5) is 63.1. The van der Waals surface area contributed by atoms with Crippen molar-refractivity contribution in [1.82, 2.24) is 0 Å². The minimum absolute atomic E-state index is 0. The molecule has 0 aliphatic carbocycles. The summed E-state index contributed by atoms with van der Waals surface area (Å²) < 4.78 is 27.6. The van der Waals surface area contributed by atoms with Crippen LogP contribution in [0.3, 0.4) is 0 Å². The fourth-order valence-electron chi connectivity index (χ4n) is 7.13. The summed E-state index contributed by atoms with van der Waals surface area (Å²) in [6.07, 6.45) is 30.1. The summed E-state index contributed by atoms with van der Waals surface area (Å²) in [6, 6.07) is 0. The van der Waals surface area contributed by atoms with E-state index in [0.717, 1.165) is 38.5 Å². The van der Waals surface area contributed by atoms with E-state index in [2.05, 4.69) is 13.8 Å². The molecule has 0 aromatic carbocycles. The average Bonchev–Trinajstić information content (AvgIpc) is 3.17. The van der Waals surface area contributed by atoms with Gasteiger partial charge in [0.1, 0.15) is 19.8 Å². The average molecular weight is 935 g/mol. The molecule has 0 saturated carbocycles. The normalized spacial score (nSPS) is 11.9. The first kappa shape index (κ1) is 60.9. The van der Waals surface area contributed by atoms with E-state index in [1.54, 1.807) is 0 Å². The molecule has 0 spiro atoms. The molecule has 0 radical (unpaired) electrons. The Balaban J connectivity index is 0. The van der Waals surface area contributed by atoms with Gasteiger partial charge in [-0.05, 0) is 18.8 Å². The van der Waals surface area contributed by atoms with E-state index in [-0.39, 0.29) is 61.8 Å². The Morgan fingerprint density at radius 1 is 0.410 bits per heavy atom. The summed E-state index contributed by atoms with van der Waals surface area (Å²) >= 11 is 0. The number of esters is 5. The number of hydrogen-bond acceptors (Lipinski definition) is 10. The van der Waals surface area contributed by atoms with Crippen LogP contribution >= 0.6 is 0 Å². The highest BCUT2D eigenvalue weighted by atomic mass is 79.9. The third-order valence-corrected chi connectivity index (χ3v) is 10.5. The van der Waals surface area contributed by atoms with E-state index in [9.17, 15) is 24.0 Å². The van der Waals surface area contributed by atoms with Gasteiger partial charge in [-0.1, -0.05) is 182 Å². The molecule has 12 heteroatoms. The van der Waals surface area contributed by atoms with Crippen LogP contribution in [-0.2, 0) is 47.7 Å². The van der Waals surface area contributed by atoms with Gasteiger partial charge in [-0.3, -0.25) is 19.2 Å². The molecule has 0 bridgehead atoms. The Labute approximate surface area is 383 Å². The second kappa shape index (κ2) is 41.8. The van der Waals surface area contributed by atoms with Gasteiger partial charge in [0.2, 0.25) is 0 Å². The second-order valence-corrected chi connectivity index (χ2v) is 18.5. The van der Waals surface area contributed by atoms with Gasteiger partial charge in [0.05, 0.1) is 27.6 Å². The maximum atomic E-state index is 12.8. The monoisotopic (exact) mass is 934 g/mol. The number of likely N-dealkylation sites (N-methyl/N-ethyl adjacent to an activating group) is 1. The van der Waals surface area contributed by atoms with Crippen molar-refractivity contribution in [3.63, 3.8) is 0 Å². The van der Waals surface area contributed by atoms with Gasteiger partial charge in [-0.25, -0.2) is 4.79 Å². The molecule has 0 aliphatic heterocycles. The molecule has 61 heavy (non-hydrogen) atoms. The lowest BCUT2D eigenvalue weighted by atomic mass is 10.0. The first-order valence-electron chi connectivity index (χ1n) is 24.4. The minimum atomic E-state index is -1.05.